The Morgan fingerprint density at radius 2 is 2.05 bits per heavy atom. The molecule has 0 heterocycles. The fraction of sp³-hybridized carbons (Fsp3) is 0.562. The van der Waals surface area contributed by atoms with Crippen molar-refractivity contribution < 1.29 is 9.53 Å². The number of hydrogen-bond acceptors (Lipinski definition) is 3. The topological polar surface area (TPSA) is 38.3 Å². The monoisotopic (exact) mass is 295 g/mol. The van der Waals surface area contributed by atoms with Gasteiger partial charge in [0.15, 0.2) is 0 Å². The van der Waals surface area contributed by atoms with Crippen molar-refractivity contribution in [2.24, 2.45) is 5.92 Å². The smallest absolute Gasteiger partial charge is 0.339 e. The summed E-state index contributed by atoms with van der Waals surface area (Å²) in [5.41, 5.74) is 1.36. The highest BCUT2D eigenvalue weighted by Gasteiger charge is 2.20. The van der Waals surface area contributed by atoms with Gasteiger partial charge < -0.3 is 10.1 Å². The molecule has 1 fully saturated rings. The van der Waals surface area contributed by atoms with Crippen molar-refractivity contribution >= 4 is 23.3 Å². The standard InChI is InChI=1S/C16H22ClNO2/c1-3-11-4-6-12(7-5-11)18-13-8-9-15(17)14(10-13)16(19)20-2/h8-12,18H,3-7H2,1-2H3. The number of anilines is 1. The highest BCUT2D eigenvalue weighted by Crippen LogP contribution is 2.29. The van der Waals surface area contributed by atoms with Gasteiger partial charge in [-0.15, -0.1) is 0 Å². The first kappa shape index (κ1) is 15.2. The number of carbonyl (C=O) groups is 1. The molecule has 1 aliphatic carbocycles. The minimum Gasteiger partial charge on any atom is -0.465 e. The van der Waals surface area contributed by atoms with Gasteiger partial charge in [-0.25, -0.2) is 4.79 Å². The number of methoxy groups -OCH3 is 1. The van der Waals surface area contributed by atoms with Gasteiger partial charge in [0.05, 0.1) is 17.7 Å². The summed E-state index contributed by atoms with van der Waals surface area (Å²) >= 11 is 6.02. The van der Waals surface area contributed by atoms with Crippen LogP contribution in [-0.4, -0.2) is 19.1 Å². The van der Waals surface area contributed by atoms with E-state index >= 15 is 0 Å². The molecule has 0 amide bonds. The Morgan fingerprint density at radius 1 is 1.35 bits per heavy atom. The van der Waals surface area contributed by atoms with E-state index in [0.29, 0.717) is 16.6 Å². The molecular weight excluding hydrogens is 274 g/mol. The fourth-order valence-corrected chi connectivity index (χ4v) is 3.03. The molecule has 1 aliphatic rings. The van der Waals surface area contributed by atoms with Crippen LogP contribution in [0.3, 0.4) is 0 Å². The molecular formula is C16H22ClNO2. The average molecular weight is 296 g/mol. The Morgan fingerprint density at radius 3 is 2.65 bits per heavy atom. The third kappa shape index (κ3) is 3.66. The molecule has 2 rings (SSSR count). The van der Waals surface area contributed by atoms with Crippen molar-refractivity contribution in [2.75, 3.05) is 12.4 Å². The second kappa shape index (κ2) is 6.98. The summed E-state index contributed by atoms with van der Waals surface area (Å²) in [6, 6.07) is 5.93. The van der Waals surface area contributed by atoms with Gasteiger partial charge in [-0.2, -0.15) is 0 Å². The molecule has 1 N–H and O–H groups in total. The van der Waals surface area contributed by atoms with Crippen molar-refractivity contribution in [1.29, 1.82) is 0 Å². The van der Waals surface area contributed by atoms with E-state index in [2.05, 4.69) is 12.2 Å². The van der Waals surface area contributed by atoms with Gasteiger partial charge in [0, 0.05) is 11.7 Å². The van der Waals surface area contributed by atoms with Crippen LogP contribution in [0.25, 0.3) is 0 Å². The van der Waals surface area contributed by atoms with E-state index in [4.69, 9.17) is 16.3 Å². The molecule has 0 atom stereocenters. The number of benzene rings is 1. The summed E-state index contributed by atoms with van der Waals surface area (Å²) in [5.74, 6) is 0.484. The molecule has 0 aromatic heterocycles. The van der Waals surface area contributed by atoms with Crippen LogP contribution in [0.2, 0.25) is 5.02 Å². The van der Waals surface area contributed by atoms with Crippen molar-refractivity contribution in [2.45, 2.75) is 45.1 Å². The number of esters is 1. The maximum atomic E-state index is 11.6. The molecule has 1 aromatic carbocycles. The van der Waals surface area contributed by atoms with Gasteiger partial charge in [0.25, 0.3) is 0 Å². The van der Waals surface area contributed by atoms with E-state index in [1.807, 2.05) is 6.07 Å². The number of halogens is 1. The van der Waals surface area contributed by atoms with Gasteiger partial charge in [0.2, 0.25) is 0 Å². The Labute approximate surface area is 125 Å². The first-order valence-corrected chi connectivity index (χ1v) is 7.66. The zero-order valence-corrected chi connectivity index (χ0v) is 12.9. The minimum atomic E-state index is -0.395. The number of hydrogen-bond donors (Lipinski definition) is 1. The van der Waals surface area contributed by atoms with Gasteiger partial charge in [-0.3, -0.25) is 0 Å². The Hall–Kier alpha value is -1.22. The summed E-state index contributed by atoms with van der Waals surface area (Å²) in [4.78, 5) is 11.6. The molecule has 0 aliphatic heterocycles. The molecule has 0 radical (unpaired) electrons. The van der Waals surface area contributed by atoms with Crippen LogP contribution < -0.4 is 5.32 Å². The highest BCUT2D eigenvalue weighted by molar-refractivity contribution is 6.33. The molecule has 0 saturated heterocycles. The van der Waals surface area contributed by atoms with Crippen molar-refractivity contribution in [1.82, 2.24) is 0 Å². The first-order chi connectivity index (χ1) is 9.63. The third-order valence-corrected chi connectivity index (χ3v) is 4.50. The number of nitrogens with one attached hydrogen (secondary N) is 1. The number of carbonyl (C=O) groups excluding carboxylic acids is 1. The van der Waals surface area contributed by atoms with Crippen LogP contribution in [0.1, 0.15) is 49.4 Å². The zero-order valence-electron chi connectivity index (χ0n) is 12.1. The van der Waals surface area contributed by atoms with Crippen LogP contribution >= 0.6 is 11.6 Å². The Bertz CT molecular complexity index is 468. The summed E-state index contributed by atoms with van der Waals surface area (Å²) < 4.78 is 4.74. The lowest BCUT2D eigenvalue weighted by Gasteiger charge is -2.29. The van der Waals surface area contributed by atoms with Crippen molar-refractivity contribution in [3.05, 3.63) is 28.8 Å². The maximum Gasteiger partial charge on any atom is 0.339 e. The molecule has 0 bridgehead atoms. The maximum absolute atomic E-state index is 11.6. The summed E-state index contributed by atoms with van der Waals surface area (Å²) in [5, 5.41) is 3.93. The second-order valence-corrected chi connectivity index (χ2v) is 5.86. The molecule has 1 saturated carbocycles. The molecule has 1 aromatic rings. The van der Waals surface area contributed by atoms with Crippen molar-refractivity contribution in [3.8, 4) is 0 Å². The number of ether oxygens (including phenoxy) is 1. The second-order valence-electron chi connectivity index (χ2n) is 5.46. The van der Waals surface area contributed by atoms with Crippen LogP contribution in [0.5, 0.6) is 0 Å². The van der Waals surface area contributed by atoms with Crippen LogP contribution in [0, 0.1) is 5.92 Å². The average Bonchev–Trinajstić information content (AvgIpc) is 2.49. The zero-order chi connectivity index (χ0) is 14.5. The summed E-state index contributed by atoms with van der Waals surface area (Å²) in [6.45, 7) is 2.26. The summed E-state index contributed by atoms with van der Waals surface area (Å²) in [7, 11) is 1.37. The molecule has 0 unspecified atom stereocenters. The predicted octanol–water partition coefficient (Wildman–Crippen LogP) is 4.51. The normalized spacial score (nSPS) is 22.4. The van der Waals surface area contributed by atoms with E-state index in [-0.39, 0.29) is 0 Å². The Balaban J connectivity index is 2.01. The molecule has 3 nitrogen and oxygen atoms in total. The van der Waals surface area contributed by atoms with Gasteiger partial charge in [-0.05, 0) is 49.8 Å². The lowest BCUT2D eigenvalue weighted by atomic mass is 9.84. The number of rotatable bonds is 4. The van der Waals surface area contributed by atoms with E-state index in [1.54, 1.807) is 12.1 Å². The van der Waals surface area contributed by atoms with Crippen LogP contribution in [0.4, 0.5) is 5.69 Å². The first-order valence-electron chi connectivity index (χ1n) is 7.28. The molecule has 20 heavy (non-hydrogen) atoms. The van der Waals surface area contributed by atoms with Gasteiger partial charge in [-0.1, -0.05) is 24.9 Å². The Kier molecular flexibility index (Phi) is 5.30. The summed E-state index contributed by atoms with van der Waals surface area (Å²) in [6.07, 6.45) is 6.22. The predicted molar refractivity (Wildman–Crippen MR) is 82.5 cm³/mol. The lowest BCUT2D eigenvalue weighted by Crippen LogP contribution is -2.26. The van der Waals surface area contributed by atoms with Gasteiger partial charge >= 0.3 is 5.97 Å². The minimum absolute atomic E-state index is 0.395. The fourth-order valence-electron chi connectivity index (χ4n) is 2.83. The van der Waals surface area contributed by atoms with Gasteiger partial charge in [0.1, 0.15) is 0 Å². The molecule has 4 heteroatoms. The quantitative estimate of drug-likeness (QED) is 0.831. The molecule has 110 valence electrons. The van der Waals surface area contributed by atoms with E-state index in [1.165, 1.54) is 39.2 Å². The van der Waals surface area contributed by atoms with Crippen molar-refractivity contribution in [3.63, 3.8) is 0 Å². The third-order valence-electron chi connectivity index (χ3n) is 4.17. The van der Waals surface area contributed by atoms with Crippen LogP contribution in [0.15, 0.2) is 18.2 Å². The largest absolute Gasteiger partial charge is 0.465 e. The van der Waals surface area contributed by atoms with Crippen LogP contribution in [-0.2, 0) is 4.74 Å². The van der Waals surface area contributed by atoms with E-state index in [9.17, 15) is 4.79 Å². The van der Waals surface area contributed by atoms with E-state index in [0.717, 1.165) is 11.6 Å². The molecule has 0 spiro atoms. The highest BCUT2D eigenvalue weighted by atomic mass is 35.5. The lowest BCUT2D eigenvalue weighted by molar-refractivity contribution is 0.0601. The SMILES string of the molecule is CCC1CCC(Nc2ccc(Cl)c(C(=O)OC)c2)CC1. The van der Waals surface area contributed by atoms with E-state index < -0.39 is 5.97 Å².